The van der Waals surface area contributed by atoms with Gasteiger partial charge in [-0.3, -0.25) is 0 Å². The summed E-state index contributed by atoms with van der Waals surface area (Å²) in [5.74, 6) is -0.181. The molecule has 0 unspecified atom stereocenters. The summed E-state index contributed by atoms with van der Waals surface area (Å²) in [4.78, 5) is 0. The van der Waals surface area contributed by atoms with E-state index in [0.717, 1.165) is 26.2 Å². The average molecular weight is 502 g/mol. The molecule has 0 aliphatic carbocycles. The van der Waals surface area contributed by atoms with Crippen LogP contribution in [0.4, 0.5) is 4.39 Å². The molecule has 0 atom stereocenters. The van der Waals surface area contributed by atoms with Crippen LogP contribution < -0.4 is 4.57 Å². The van der Waals surface area contributed by atoms with Crippen molar-refractivity contribution in [2.75, 3.05) is 0 Å². The number of pyridine rings is 1. The molecule has 0 saturated heterocycles. The highest BCUT2D eigenvalue weighted by Crippen LogP contribution is 2.42. The first kappa shape index (κ1) is 22.2. The first-order valence-electron chi connectivity index (χ1n) is 12.5. The zero-order valence-electron chi connectivity index (χ0n) is 21.3. The Morgan fingerprint density at radius 2 is 1.46 bits per heavy atom. The van der Waals surface area contributed by atoms with Crippen molar-refractivity contribution in [1.82, 2.24) is 4.57 Å². The van der Waals surface area contributed by atoms with Gasteiger partial charge in [-0.1, -0.05) is 54.1 Å². The van der Waals surface area contributed by atoms with Gasteiger partial charge in [-0.15, -0.1) is 11.3 Å². The molecule has 0 saturated carbocycles. The summed E-state index contributed by atoms with van der Waals surface area (Å²) < 4.78 is 21.9. The number of hydrogen-bond acceptors (Lipinski definition) is 1. The van der Waals surface area contributed by atoms with E-state index in [1.165, 1.54) is 44.1 Å². The molecule has 0 spiro atoms. The van der Waals surface area contributed by atoms with E-state index in [0.29, 0.717) is 5.39 Å². The second kappa shape index (κ2) is 7.99. The lowest BCUT2D eigenvalue weighted by molar-refractivity contribution is -0.660. The predicted molar refractivity (Wildman–Crippen MR) is 154 cm³/mol. The molecule has 0 bridgehead atoms. The fraction of sp³-hybridized carbons (Fsp3) is 0.121. The zero-order valence-corrected chi connectivity index (χ0v) is 22.1. The highest BCUT2D eigenvalue weighted by atomic mass is 32.1. The van der Waals surface area contributed by atoms with Crippen molar-refractivity contribution < 1.29 is 8.96 Å². The minimum Gasteiger partial charge on any atom is -0.309 e. The van der Waals surface area contributed by atoms with E-state index in [9.17, 15) is 0 Å². The van der Waals surface area contributed by atoms with Crippen molar-refractivity contribution in [3.63, 3.8) is 0 Å². The first-order valence-corrected chi connectivity index (χ1v) is 13.3. The number of nitrogens with zero attached hydrogens (tertiary/aromatic N) is 2. The van der Waals surface area contributed by atoms with Crippen LogP contribution in [0.1, 0.15) is 16.7 Å². The normalized spacial score (nSPS) is 11.9. The van der Waals surface area contributed by atoms with E-state index in [-0.39, 0.29) is 5.82 Å². The van der Waals surface area contributed by atoms with Gasteiger partial charge in [-0.25, -0.2) is 0 Å². The van der Waals surface area contributed by atoms with Crippen LogP contribution in [0.2, 0.25) is 0 Å². The molecule has 0 fully saturated rings. The third kappa shape index (κ3) is 3.19. The Morgan fingerprint density at radius 3 is 2.16 bits per heavy atom. The smallest absolute Gasteiger partial charge is 0.230 e. The van der Waals surface area contributed by atoms with E-state index >= 15 is 4.39 Å². The van der Waals surface area contributed by atoms with Crippen LogP contribution >= 0.6 is 11.3 Å². The molecule has 0 aliphatic rings. The summed E-state index contributed by atoms with van der Waals surface area (Å²) in [6.07, 6.45) is 1.63. The van der Waals surface area contributed by atoms with Gasteiger partial charge in [-0.05, 0) is 62.2 Å². The van der Waals surface area contributed by atoms with E-state index < -0.39 is 0 Å². The maximum Gasteiger partial charge on any atom is 0.230 e. The molecule has 2 nitrogen and oxygen atoms in total. The van der Waals surface area contributed by atoms with Crippen LogP contribution in [0, 0.1) is 26.6 Å². The number of para-hydroxylation sites is 2. The fourth-order valence-corrected chi connectivity index (χ4v) is 7.23. The number of aryl methyl sites for hydroxylation is 3. The van der Waals surface area contributed by atoms with Crippen LogP contribution in [0.3, 0.4) is 0 Å². The largest absolute Gasteiger partial charge is 0.309 e. The van der Waals surface area contributed by atoms with Crippen LogP contribution in [0.25, 0.3) is 58.9 Å². The average Bonchev–Trinajstić information content (AvgIpc) is 3.42. The van der Waals surface area contributed by atoms with Gasteiger partial charge in [0.05, 0.1) is 16.6 Å². The Morgan fingerprint density at radius 1 is 0.784 bits per heavy atom. The van der Waals surface area contributed by atoms with Crippen molar-refractivity contribution >= 4 is 53.3 Å². The fourth-order valence-electron chi connectivity index (χ4n) is 5.89. The second-order valence-corrected chi connectivity index (χ2v) is 11.1. The van der Waals surface area contributed by atoms with Gasteiger partial charge in [0.2, 0.25) is 11.9 Å². The van der Waals surface area contributed by atoms with Crippen molar-refractivity contribution in [2.24, 2.45) is 7.05 Å². The van der Waals surface area contributed by atoms with Crippen molar-refractivity contribution in [3.8, 4) is 16.9 Å². The lowest BCUT2D eigenvalue weighted by Crippen LogP contribution is -2.31. The van der Waals surface area contributed by atoms with Gasteiger partial charge >= 0.3 is 0 Å². The summed E-state index contributed by atoms with van der Waals surface area (Å²) >= 11 is 1.68. The van der Waals surface area contributed by atoms with Gasteiger partial charge in [0.1, 0.15) is 11.7 Å². The summed E-state index contributed by atoms with van der Waals surface area (Å²) in [7, 11) is 1.95. The molecule has 0 radical (unpaired) electrons. The van der Waals surface area contributed by atoms with E-state index in [1.54, 1.807) is 17.5 Å². The number of thiophene rings is 1. The third-order valence-corrected chi connectivity index (χ3v) is 8.85. The van der Waals surface area contributed by atoms with Crippen LogP contribution in [-0.4, -0.2) is 4.57 Å². The van der Waals surface area contributed by atoms with E-state index in [2.05, 4.69) is 104 Å². The molecular weight excluding hydrogens is 475 g/mol. The van der Waals surface area contributed by atoms with E-state index in [4.69, 9.17) is 0 Å². The van der Waals surface area contributed by atoms with Gasteiger partial charge < -0.3 is 4.57 Å². The second-order valence-electron chi connectivity index (χ2n) is 10.0. The Balaban J connectivity index is 1.55. The molecule has 7 rings (SSSR count). The summed E-state index contributed by atoms with van der Waals surface area (Å²) in [5.41, 5.74) is 9.37. The highest BCUT2D eigenvalue weighted by Gasteiger charge is 2.25. The van der Waals surface area contributed by atoms with Crippen molar-refractivity contribution in [1.29, 1.82) is 0 Å². The number of aromatic nitrogens is 2. The summed E-state index contributed by atoms with van der Waals surface area (Å²) in [6, 6.07) is 27.9. The molecule has 0 amide bonds. The molecule has 4 aromatic carbocycles. The van der Waals surface area contributed by atoms with E-state index in [1.807, 2.05) is 11.6 Å². The lowest BCUT2D eigenvalue weighted by Gasteiger charge is -2.10. The maximum atomic E-state index is 15.5. The van der Waals surface area contributed by atoms with Crippen LogP contribution in [-0.2, 0) is 7.05 Å². The van der Waals surface area contributed by atoms with Crippen molar-refractivity contribution in [2.45, 2.75) is 20.8 Å². The zero-order chi connectivity index (χ0) is 25.4. The molecule has 3 heterocycles. The monoisotopic (exact) mass is 501 g/mol. The standard InChI is InChI=1S/C33H26FN2S/c1-19-15-20(2)21(3)26(16-19)32-33-31(27(34)18-35(32)4)25-14-13-22(17-30(25)37-33)36-28-11-7-5-9-23(28)24-10-6-8-12-29(24)36/h5-18H,1-4H3/q+1. The molecule has 4 heteroatoms. The minimum absolute atomic E-state index is 0.181. The highest BCUT2D eigenvalue weighted by molar-refractivity contribution is 7.26. The molecular formula is C33H26FN2S+. The molecule has 37 heavy (non-hydrogen) atoms. The van der Waals surface area contributed by atoms with Gasteiger partial charge in [0, 0.05) is 31.9 Å². The quantitative estimate of drug-likeness (QED) is 0.210. The Bertz CT molecular complexity index is 1990. The van der Waals surface area contributed by atoms with Gasteiger partial charge in [-0.2, -0.15) is 8.96 Å². The first-order chi connectivity index (χ1) is 17.9. The maximum absolute atomic E-state index is 15.5. The number of benzene rings is 4. The Labute approximate surface area is 218 Å². The van der Waals surface area contributed by atoms with Crippen LogP contribution in [0.15, 0.2) is 85.1 Å². The topological polar surface area (TPSA) is 8.81 Å². The Hall–Kier alpha value is -4.02. The Kier molecular flexibility index (Phi) is 4.79. The molecule has 180 valence electrons. The molecule has 3 aromatic heterocycles. The molecule has 0 N–H and O–H groups in total. The van der Waals surface area contributed by atoms with Gasteiger partial charge in [0.15, 0.2) is 5.82 Å². The lowest BCUT2D eigenvalue weighted by atomic mass is 9.96. The number of rotatable bonds is 2. The molecule has 0 aliphatic heterocycles. The number of fused-ring (bicyclic) bond motifs is 6. The summed E-state index contributed by atoms with van der Waals surface area (Å²) in [5, 5.41) is 4.15. The number of hydrogen-bond donors (Lipinski definition) is 0. The minimum atomic E-state index is -0.181. The van der Waals surface area contributed by atoms with Crippen molar-refractivity contribution in [3.05, 3.63) is 108 Å². The predicted octanol–water partition coefficient (Wildman–Crippen LogP) is 8.71. The third-order valence-electron chi connectivity index (χ3n) is 7.69. The van der Waals surface area contributed by atoms with Crippen LogP contribution in [0.5, 0.6) is 0 Å². The SMILES string of the molecule is Cc1cc(C)c(C)c(-c2c3sc4cc(-n5c6ccccc6c6ccccc65)ccc4c3c(F)c[n+]2C)c1. The summed E-state index contributed by atoms with van der Waals surface area (Å²) in [6.45, 7) is 6.43. The molecule has 7 aromatic rings. The van der Waals surface area contributed by atoms with Gasteiger partial charge in [0.25, 0.3) is 0 Å². The number of halogens is 1.